The molecule has 0 amide bonds. The SMILES string of the molecule is C#CCOc1ccccc1-c1cnoc1. The molecule has 74 valence electrons. The third-order valence-electron chi connectivity index (χ3n) is 1.94. The molecule has 15 heavy (non-hydrogen) atoms. The Hall–Kier alpha value is -2.21. The summed E-state index contributed by atoms with van der Waals surface area (Å²) in [5.41, 5.74) is 1.80. The topological polar surface area (TPSA) is 35.3 Å². The van der Waals surface area contributed by atoms with Gasteiger partial charge >= 0.3 is 0 Å². The molecule has 2 aromatic rings. The molecule has 0 N–H and O–H groups in total. The summed E-state index contributed by atoms with van der Waals surface area (Å²) in [6.07, 6.45) is 8.34. The predicted octanol–water partition coefficient (Wildman–Crippen LogP) is 2.35. The standard InChI is InChI=1S/C12H9NO2/c1-2-7-14-12-6-4-3-5-11(12)10-8-13-15-9-10/h1,3-6,8-9H,7H2. The van der Waals surface area contributed by atoms with E-state index in [9.17, 15) is 0 Å². The molecule has 0 atom stereocenters. The molecular weight excluding hydrogens is 190 g/mol. The minimum absolute atomic E-state index is 0.252. The molecule has 0 fully saturated rings. The molecule has 0 spiro atoms. The molecule has 2 rings (SSSR count). The van der Waals surface area contributed by atoms with Crippen molar-refractivity contribution >= 4 is 0 Å². The Kier molecular flexibility index (Phi) is 2.70. The molecule has 0 aliphatic rings. The van der Waals surface area contributed by atoms with Crippen molar-refractivity contribution in [1.82, 2.24) is 5.16 Å². The van der Waals surface area contributed by atoms with Crippen LogP contribution in [0.15, 0.2) is 41.2 Å². The summed E-state index contributed by atoms with van der Waals surface area (Å²) in [6, 6.07) is 7.60. The number of para-hydroxylation sites is 1. The Morgan fingerprint density at radius 2 is 2.27 bits per heavy atom. The molecule has 0 aliphatic heterocycles. The zero-order valence-corrected chi connectivity index (χ0v) is 8.01. The second kappa shape index (κ2) is 4.34. The third kappa shape index (κ3) is 2.00. The highest BCUT2D eigenvalue weighted by Crippen LogP contribution is 2.29. The lowest BCUT2D eigenvalue weighted by Gasteiger charge is -2.06. The fourth-order valence-corrected chi connectivity index (χ4v) is 1.29. The van der Waals surface area contributed by atoms with Gasteiger partial charge in [-0.1, -0.05) is 29.3 Å². The quantitative estimate of drug-likeness (QED) is 0.712. The van der Waals surface area contributed by atoms with E-state index < -0.39 is 0 Å². The van der Waals surface area contributed by atoms with E-state index in [0.717, 1.165) is 16.9 Å². The van der Waals surface area contributed by atoms with Crippen LogP contribution >= 0.6 is 0 Å². The van der Waals surface area contributed by atoms with E-state index in [2.05, 4.69) is 11.1 Å². The molecule has 0 radical (unpaired) electrons. The number of terminal acetylenes is 1. The normalized spacial score (nSPS) is 9.53. The molecule has 0 unspecified atom stereocenters. The van der Waals surface area contributed by atoms with Crippen molar-refractivity contribution in [3.63, 3.8) is 0 Å². The Morgan fingerprint density at radius 1 is 1.40 bits per heavy atom. The van der Waals surface area contributed by atoms with Gasteiger partial charge in [0.2, 0.25) is 0 Å². The monoisotopic (exact) mass is 199 g/mol. The van der Waals surface area contributed by atoms with Crippen LogP contribution in [0.5, 0.6) is 5.75 Å². The van der Waals surface area contributed by atoms with Crippen LogP contribution in [0, 0.1) is 12.3 Å². The number of ether oxygens (including phenoxy) is 1. The lowest BCUT2D eigenvalue weighted by molar-refractivity contribution is 0.372. The van der Waals surface area contributed by atoms with Gasteiger partial charge in [0.25, 0.3) is 0 Å². The van der Waals surface area contributed by atoms with Gasteiger partial charge in [0, 0.05) is 11.1 Å². The molecule has 0 saturated heterocycles. The van der Waals surface area contributed by atoms with E-state index in [1.165, 1.54) is 0 Å². The first-order chi connectivity index (χ1) is 7.42. The maximum Gasteiger partial charge on any atom is 0.148 e. The van der Waals surface area contributed by atoms with Crippen LogP contribution in [-0.4, -0.2) is 11.8 Å². The number of rotatable bonds is 3. The van der Waals surface area contributed by atoms with Crippen LogP contribution in [0.3, 0.4) is 0 Å². The molecule has 3 nitrogen and oxygen atoms in total. The minimum Gasteiger partial charge on any atom is -0.480 e. The van der Waals surface area contributed by atoms with E-state index in [0.29, 0.717) is 0 Å². The molecule has 1 heterocycles. The molecule has 1 aromatic carbocycles. The van der Waals surface area contributed by atoms with Crippen LogP contribution in [0.25, 0.3) is 11.1 Å². The van der Waals surface area contributed by atoms with Crippen LogP contribution in [0.2, 0.25) is 0 Å². The molecule has 1 aromatic heterocycles. The maximum absolute atomic E-state index is 5.40. The fourth-order valence-electron chi connectivity index (χ4n) is 1.29. The average Bonchev–Trinajstić information content (AvgIpc) is 2.80. The Morgan fingerprint density at radius 3 is 3.00 bits per heavy atom. The highest BCUT2D eigenvalue weighted by atomic mass is 16.5. The Bertz CT molecular complexity index is 469. The summed E-state index contributed by atoms with van der Waals surface area (Å²) in [7, 11) is 0. The maximum atomic E-state index is 5.40. The highest BCUT2D eigenvalue weighted by molar-refractivity contribution is 5.68. The van der Waals surface area contributed by atoms with Crippen LogP contribution in [0.1, 0.15) is 0 Å². The minimum atomic E-state index is 0.252. The summed E-state index contributed by atoms with van der Waals surface area (Å²) in [6.45, 7) is 0.252. The number of benzene rings is 1. The van der Waals surface area contributed by atoms with Gasteiger partial charge in [0.15, 0.2) is 0 Å². The van der Waals surface area contributed by atoms with Gasteiger partial charge in [-0.25, -0.2) is 0 Å². The number of aromatic nitrogens is 1. The number of hydrogen-bond acceptors (Lipinski definition) is 3. The zero-order chi connectivity index (χ0) is 10.5. The molecule has 0 aliphatic carbocycles. The van der Waals surface area contributed by atoms with Gasteiger partial charge < -0.3 is 9.26 Å². The summed E-state index contributed by atoms with van der Waals surface area (Å²) in [5.74, 6) is 3.16. The first-order valence-electron chi connectivity index (χ1n) is 4.47. The Labute approximate surface area is 87.7 Å². The van der Waals surface area contributed by atoms with E-state index in [1.807, 2.05) is 24.3 Å². The fraction of sp³-hybridized carbons (Fsp3) is 0.0833. The molecule has 3 heteroatoms. The highest BCUT2D eigenvalue weighted by Gasteiger charge is 2.06. The third-order valence-corrected chi connectivity index (χ3v) is 1.94. The van der Waals surface area contributed by atoms with Crippen molar-refractivity contribution < 1.29 is 9.26 Å². The second-order valence-electron chi connectivity index (χ2n) is 2.90. The van der Waals surface area contributed by atoms with Crippen molar-refractivity contribution in [2.45, 2.75) is 0 Å². The predicted molar refractivity (Wildman–Crippen MR) is 56.3 cm³/mol. The smallest absolute Gasteiger partial charge is 0.148 e. The second-order valence-corrected chi connectivity index (χ2v) is 2.90. The molecule has 0 bridgehead atoms. The van der Waals surface area contributed by atoms with Gasteiger partial charge in [-0.3, -0.25) is 0 Å². The first-order valence-corrected chi connectivity index (χ1v) is 4.47. The van der Waals surface area contributed by atoms with E-state index in [1.54, 1.807) is 12.5 Å². The number of nitrogens with zero attached hydrogens (tertiary/aromatic N) is 1. The van der Waals surface area contributed by atoms with Crippen LogP contribution < -0.4 is 4.74 Å². The van der Waals surface area contributed by atoms with Crippen LogP contribution in [-0.2, 0) is 0 Å². The first kappa shape index (κ1) is 9.35. The average molecular weight is 199 g/mol. The van der Waals surface area contributed by atoms with E-state index >= 15 is 0 Å². The summed E-state index contributed by atoms with van der Waals surface area (Å²) in [5, 5.41) is 3.65. The summed E-state index contributed by atoms with van der Waals surface area (Å²) in [4.78, 5) is 0. The lowest BCUT2D eigenvalue weighted by atomic mass is 10.1. The van der Waals surface area contributed by atoms with Gasteiger partial charge in [-0.05, 0) is 6.07 Å². The van der Waals surface area contributed by atoms with Crippen molar-refractivity contribution in [3.05, 3.63) is 36.7 Å². The van der Waals surface area contributed by atoms with Gasteiger partial charge in [-0.15, -0.1) is 6.42 Å². The van der Waals surface area contributed by atoms with Gasteiger partial charge in [0.05, 0.1) is 6.20 Å². The van der Waals surface area contributed by atoms with Gasteiger partial charge in [-0.2, -0.15) is 0 Å². The summed E-state index contributed by atoms with van der Waals surface area (Å²) < 4.78 is 10.2. The van der Waals surface area contributed by atoms with Crippen molar-refractivity contribution in [3.8, 4) is 29.2 Å². The van der Waals surface area contributed by atoms with Crippen LogP contribution in [0.4, 0.5) is 0 Å². The lowest BCUT2D eigenvalue weighted by Crippen LogP contribution is -1.94. The van der Waals surface area contributed by atoms with Gasteiger partial charge in [0.1, 0.15) is 18.6 Å². The van der Waals surface area contributed by atoms with E-state index in [4.69, 9.17) is 15.7 Å². The zero-order valence-electron chi connectivity index (χ0n) is 8.01. The number of hydrogen-bond donors (Lipinski definition) is 0. The summed E-state index contributed by atoms with van der Waals surface area (Å²) >= 11 is 0. The van der Waals surface area contributed by atoms with E-state index in [-0.39, 0.29) is 6.61 Å². The van der Waals surface area contributed by atoms with Crippen molar-refractivity contribution in [1.29, 1.82) is 0 Å². The Balaban J connectivity index is 2.35. The molecule has 0 saturated carbocycles. The molecular formula is C12H9NO2. The van der Waals surface area contributed by atoms with Crippen molar-refractivity contribution in [2.75, 3.05) is 6.61 Å². The van der Waals surface area contributed by atoms with Crippen molar-refractivity contribution in [2.24, 2.45) is 0 Å². The largest absolute Gasteiger partial charge is 0.480 e.